The maximum atomic E-state index is 10.2. The van der Waals surface area contributed by atoms with E-state index in [1.807, 2.05) is 24.4 Å². The van der Waals surface area contributed by atoms with Crippen LogP contribution in [0.3, 0.4) is 0 Å². The third-order valence-corrected chi connectivity index (χ3v) is 3.83. The van der Waals surface area contributed by atoms with Crippen LogP contribution in [-0.2, 0) is 4.74 Å². The van der Waals surface area contributed by atoms with Crippen molar-refractivity contribution in [3.05, 3.63) is 29.3 Å². The molecule has 0 bridgehead atoms. The van der Waals surface area contributed by atoms with Crippen LogP contribution in [-0.4, -0.2) is 23.8 Å². The molecule has 0 aliphatic heterocycles. The van der Waals surface area contributed by atoms with Gasteiger partial charge in [-0.3, -0.25) is 4.98 Å². The SMILES string of the molecule is COCCC(C)C(O)c1cnc2ccsc2c1. The van der Waals surface area contributed by atoms with E-state index in [1.54, 1.807) is 24.6 Å². The van der Waals surface area contributed by atoms with Gasteiger partial charge in [0, 0.05) is 25.5 Å². The molecule has 0 fully saturated rings. The third-order valence-electron chi connectivity index (χ3n) is 2.98. The fraction of sp³-hybridized carbons (Fsp3) is 0.462. The van der Waals surface area contributed by atoms with E-state index < -0.39 is 6.10 Å². The van der Waals surface area contributed by atoms with Crippen LogP contribution in [0.4, 0.5) is 0 Å². The van der Waals surface area contributed by atoms with Crippen molar-refractivity contribution >= 4 is 21.6 Å². The van der Waals surface area contributed by atoms with Gasteiger partial charge in [-0.15, -0.1) is 11.3 Å². The monoisotopic (exact) mass is 251 g/mol. The normalized spacial score (nSPS) is 15.0. The van der Waals surface area contributed by atoms with Crippen molar-refractivity contribution in [2.24, 2.45) is 5.92 Å². The molecule has 0 saturated carbocycles. The van der Waals surface area contributed by atoms with Gasteiger partial charge in [-0.2, -0.15) is 0 Å². The van der Waals surface area contributed by atoms with Crippen LogP contribution < -0.4 is 0 Å². The minimum absolute atomic E-state index is 0.175. The van der Waals surface area contributed by atoms with Crippen molar-refractivity contribution in [1.29, 1.82) is 0 Å². The molecule has 92 valence electrons. The van der Waals surface area contributed by atoms with E-state index in [1.165, 1.54) is 0 Å². The molecule has 2 aromatic heterocycles. The molecular weight excluding hydrogens is 234 g/mol. The van der Waals surface area contributed by atoms with Gasteiger partial charge in [-0.05, 0) is 29.9 Å². The number of nitrogens with zero attached hydrogens (tertiary/aromatic N) is 1. The Labute approximate surface area is 105 Å². The van der Waals surface area contributed by atoms with Crippen molar-refractivity contribution in [1.82, 2.24) is 4.98 Å². The fourth-order valence-electron chi connectivity index (χ4n) is 1.81. The number of ether oxygens (including phenoxy) is 1. The quantitative estimate of drug-likeness (QED) is 0.888. The first-order chi connectivity index (χ1) is 8.22. The van der Waals surface area contributed by atoms with Crippen LogP contribution in [0.25, 0.3) is 10.2 Å². The van der Waals surface area contributed by atoms with Crippen molar-refractivity contribution in [3.63, 3.8) is 0 Å². The summed E-state index contributed by atoms with van der Waals surface area (Å²) >= 11 is 1.65. The molecule has 4 heteroatoms. The van der Waals surface area contributed by atoms with E-state index in [9.17, 15) is 5.11 Å². The van der Waals surface area contributed by atoms with E-state index in [0.29, 0.717) is 6.61 Å². The van der Waals surface area contributed by atoms with E-state index in [0.717, 1.165) is 22.2 Å². The average Bonchev–Trinajstić information content (AvgIpc) is 2.81. The summed E-state index contributed by atoms with van der Waals surface area (Å²) in [5.41, 5.74) is 1.89. The molecule has 2 unspecified atom stereocenters. The number of aliphatic hydroxyl groups is 1. The highest BCUT2D eigenvalue weighted by molar-refractivity contribution is 7.17. The summed E-state index contributed by atoms with van der Waals surface area (Å²) < 4.78 is 6.16. The second kappa shape index (κ2) is 5.58. The lowest BCUT2D eigenvalue weighted by Gasteiger charge is -2.18. The number of thiophene rings is 1. The Morgan fingerprint density at radius 2 is 2.35 bits per heavy atom. The molecule has 3 nitrogen and oxygen atoms in total. The molecular formula is C13H17NO2S. The van der Waals surface area contributed by atoms with Gasteiger partial charge in [-0.1, -0.05) is 6.92 Å². The maximum absolute atomic E-state index is 10.2. The van der Waals surface area contributed by atoms with Crippen molar-refractivity contribution < 1.29 is 9.84 Å². The molecule has 0 aliphatic rings. The minimum Gasteiger partial charge on any atom is -0.388 e. The zero-order valence-corrected chi connectivity index (χ0v) is 10.9. The predicted molar refractivity (Wildman–Crippen MR) is 70.2 cm³/mol. The number of fused-ring (bicyclic) bond motifs is 1. The van der Waals surface area contributed by atoms with Gasteiger partial charge in [-0.25, -0.2) is 0 Å². The Morgan fingerprint density at radius 1 is 1.53 bits per heavy atom. The van der Waals surface area contributed by atoms with Crippen LogP contribution in [0.5, 0.6) is 0 Å². The molecule has 0 radical (unpaired) electrons. The minimum atomic E-state index is -0.468. The molecule has 1 N–H and O–H groups in total. The largest absolute Gasteiger partial charge is 0.388 e. The van der Waals surface area contributed by atoms with Gasteiger partial charge in [0.25, 0.3) is 0 Å². The number of rotatable bonds is 5. The first kappa shape index (κ1) is 12.5. The van der Waals surface area contributed by atoms with Crippen molar-refractivity contribution in [3.8, 4) is 0 Å². The Bertz CT molecular complexity index is 483. The lowest BCUT2D eigenvalue weighted by atomic mass is 9.96. The maximum Gasteiger partial charge on any atom is 0.0831 e. The Balaban J connectivity index is 2.14. The number of hydrogen-bond donors (Lipinski definition) is 1. The Kier molecular flexibility index (Phi) is 4.10. The highest BCUT2D eigenvalue weighted by Crippen LogP contribution is 2.27. The standard InChI is InChI=1S/C13H17NO2S/c1-9(3-5-16-2)13(15)10-7-12-11(14-8-10)4-6-17-12/h4,6-9,13,15H,3,5H2,1-2H3. The molecule has 2 rings (SSSR count). The molecule has 0 saturated heterocycles. The van der Waals surface area contributed by atoms with E-state index in [-0.39, 0.29) is 5.92 Å². The fourth-order valence-corrected chi connectivity index (χ4v) is 2.60. The molecule has 0 aromatic carbocycles. The third kappa shape index (κ3) is 2.83. The van der Waals surface area contributed by atoms with Gasteiger partial charge in [0.05, 0.1) is 16.3 Å². The molecule has 2 heterocycles. The van der Waals surface area contributed by atoms with Crippen molar-refractivity contribution in [2.45, 2.75) is 19.4 Å². The highest BCUT2D eigenvalue weighted by atomic mass is 32.1. The molecule has 2 aromatic rings. The highest BCUT2D eigenvalue weighted by Gasteiger charge is 2.17. The van der Waals surface area contributed by atoms with E-state index in [4.69, 9.17) is 4.74 Å². The van der Waals surface area contributed by atoms with E-state index in [2.05, 4.69) is 4.98 Å². The van der Waals surface area contributed by atoms with Crippen LogP contribution >= 0.6 is 11.3 Å². The Morgan fingerprint density at radius 3 is 3.12 bits per heavy atom. The van der Waals surface area contributed by atoms with Gasteiger partial charge < -0.3 is 9.84 Å². The van der Waals surface area contributed by atoms with Gasteiger partial charge in [0.1, 0.15) is 0 Å². The average molecular weight is 251 g/mol. The number of aromatic nitrogens is 1. The summed E-state index contributed by atoms with van der Waals surface area (Å²) in [5, 5.41) is 12.2. The second-order valence-corrected chi connectivity index (χ2v) is 5.22. The second-order valence-electron chi connectivity index (χ2n) is 4.28. The number of hydrogen-bond acceptors (Lipinski definition) is 4. The number of aliphatic hydroxyl groups excluding tert-OH is 1. The van der Waals surface area contributed by atoms with E-state index >= 15 is 0 Å². The zero-order chi connectivity index (χ0) is 12.3. The molecule has 0 amide bonds. The van der Waals surface area contributed by atoms with Crippen LogP contribution in [0.2, 0.25) is 0 Å². The molecule has 17 heavy (non-hydrogen) atoms. The zero-order valence-electron chi connectivity index (χ0n) is 10.1. The first-order valence-electron chi connectivity index (χ1n) is 5.72. The lowest BCUT2D eigenvalue weighted by Crippen LogP contribution is -2.11. The number of methoxy groups -OCH3 is 1. The topological polar surface area (TPSA) is 42.4 Å². The van der Waals surface area contributed by atoms with Crippen LogP contribution in [0, 0.1) is 5.92 Å². The summed E-state index contributed by atoms with van der Waals surface area (Å²) in [6.45, 7) is 2.70. The molecule has 0 spiro atoms. The Hall–Kier alpha value is -0.970. The number of pyridine rings is 1. The van der Waals surface area contributed by atoms with Gasteiger partial charge >= 0.3 is 0 Å². The van der Waals surface area contributed by atoms with Crippen molar-refractivity contribution in [2.75, 3.05) is 13.7 Å². The first-order valence-corrected chi connectivity index (χ1v) is 6.60. The predicted octanol–water partition coefficient (Wildman–Crippen LogP) is 3.00. The molecule has 2 atom stereocenters. The lowest BCUT2D eigenvalue weighted by molar-refractivity contribution is 0.0885. The van der Waals surface area contributed by atoms with Gasteiger partial charge in [0.2, 0.25) is 0 Å². The van der Waals surface area contributed by atoms with Crippen LogP contribution in [0.15, 0.2) is 23.7 Å². The smallest absolute Gasteiger partial charge is 0.0831 e. The summed E-state index contributed by atoms with van der Waals surface area (Å²) in [5.74, 6) is 0.175. The van der Waals surface area contributed by atoms with Gasteiger partial charge in [0.15, 0.2) is 0 Å². The summed E-state index contributed by atoms with van der Waals surface area (Å²) in [6, 6.07) is 4.02. The molecule has 0 aliphatic carbocycles. The summed E-state index contributed by atoms with van der Waals surface area (Å²) in [7, 11) is 1.68. The van der Waals surface area contributed by atoms with Crippen LogP contribution in [0.1, 0.15) is 25.0 Å². The summed E-state index contributed by atoms with van der Waals surface area (Å²) in [6.07, 6.45) is 2.15. The summed E-state index contributed by atoms with van der Waals surface area (Å²) in [4.78, 5) is 4.34.